The quantitative estimate of drug-likeness (QED) is 0.136. The summed E-state index contributed by atoms with van der Waals surface area (Å²) in [5, 5.41) is 1.69. The predicted octanol–water partition coefficient (Wildman–Crippen LogP) is 6.09. The van der Waals surface area contributed by atoms with E-state index in [9.17, 15) is 19.2 Å². The first-order valence-corrected chi connectivity index (χ1v) is 13.1. The lowest BCUT2D eigenvalue weighted by molar-refractivity contribution is -0.151. The van der Waals surface area contributed by atoms with Crippen molar-refractivity contribution in [3.63, 3.8) is 0 Å². The first-order chi connectivity index (χ1) is 18.6. The molecular weight excluding hydrogens is 590 g/mol. The lowest BCUT2D eigenvalue weighted by atomic mass is 10.0. The smallest absolute Gasteiger partial charge is 0.330 e. The Labute approximate surface area is 243 Å². The minimum absolute atomic E-state index is 0.101. The zero-order valence-electron chi connectivity index (χ0n) is 20.3. The normalized spacial score (nSPS) is 13.2. The van der Waals surface area contributed by atoms with Crippen molar-refractivity contribution >= 4 is 75.8 Å². The fraction of sp³-hybridized carbons (Fsp3) is 0.185. The van der Waals surface area contributed by atoms with Gasteiger partial charge in [-0.25, -0.2) is 4.79 Å². The Balaban J connectivity index is 1.59. The molecule has 1 N–H and O–H groups in total. The average molecular weight is 610 g/mol. The molecule has 8 nitrogen and oxygen atoms in total. The molecular formula is C27H20Cl4N2O6. The molecule has 0 bridgehead atoms. The van der Waals surface area contributed by atoms with Crippen molar-refractivity contribution in [1.82, 2.24) is 4.90 Å². The van der Waals surface area contributed by atoms with Gasteiger partial charge in [-0.2, -0.15) is 0 Å². The lowest BCUT2D eigenvalue weighted by Crippen LogP contribution is -2.47. The molecule has 0 aliphatic carbocycles. The summed E-state index contributed by atoms with van der Waals surface area (Å²) in [5.41, 5.74) is 0.480. The third-order valence-electron chi connectivity index (χ3n) is 5.79. The summed E-state index contributed by atoms with van der Waals surface area (Å²) in [6, 6.07) is 14.0. The summed E-state index contributed by atoms with van der Waals surface area (Å²) in [6.45, 7) is 1.50. The Morgan fingerprint density at radius 3 is 2.00 bits per heavy atom. The van der Waals surface area contributed by atoms with Crippen LogP contribution in [-0.2, 0) is 20.7 Å². The van der Waals surface area contributed by atoms with E-state index in [1.54, 1.807) is 61.5 Å². The van der Waals surface area contributed by atoms with E-state index in [1.807, 2.05) is 0 Å². The number of esters is 1. The Kier molecular flexibility index (Phi) is 9.02. The summed E-state index contributed by atoms with van der Waals surface area (Å²) < 4.78 is 10.8. The number of nitrogens with zero attached hydrogens (tertiary/aromatic N) is 1. The average Bonchev–Trinajstić information content (AvgIpc) is 3.19. The maximum atomic E-state index is 13.4. The monoisotopic (exact) mass is 608 g/mol. The maximum Gasteiger partial charge on any atom is 0.330 e. The molecule has 3 amide bonds. The van der Waals surface area contributed by atoms with Crippen molar-refractivity contribution in [3.05, 3.63) is 91.4 Å². The minimum Gasteiger partial charge on any atom is -0.492 e. The minimum atomic E-state index is -1.45. The number of nitrogens with one attached hydrogen (secondary N) is 1. The fourth-order valence-electron chi connectivity index (χ4n) is 4.04. The molecule has 0 fully saturated rings. The van der Waals surface area contributed by atoms with Crippen molar-refractivity contribution in [2.75, 3.05) is 18.5 Å². The number of hydrogen-bond donors (Lipinski definition) is 1. The number of amides is 3. The summed E-state index contributed by atoms with van der Waals surface area (Å²) >= 11 is 24.7. The molecule has 12 heteroatoms. The Morgan fingerprint density at radius 1 is 0.846 bits per heavy atom. The number of para-hydroxylation sites is 2. The molecule has 0 unspecified atom stereocenters. The van der Waals surface area contributed by atoms with Crippen LogP contribution >= 0.6 is 46.4 Å². The van der Waals surface area contributed by atoms with Gasteiger partial charge in [0, 0.05) is 6.42 Å². The highest BCUT2D eigenvalue weighted by molar-refractivity contribution is 6.55. The van der Waals surface area contributed by atoms with Gasteiger partial charge in [0.1, 0.15) is 11.8 Å². The van der Waals surface area contributed by atoms with E-state index in [2.05, 4.69) is 5.32 Å². The van der Waals surface area contributed by atoms with Gasteiger partial charge in [0.15, 0.2) is 6.61 Å². The largest absolute Gasteiger partial charge is 0.492 e. The Hall–Kier alpha value is -3.30. The van der Waals surface area contributed by atoms with E-state index in [-0.39, 0.29) is 37.6 Å². The molecule has 0 radical (unpaired) electrons. The standard InChI is InChI=1S/C27H20Cl4N2O6/c1-2-38-17-11-7-6-10-15(17)32-18(34)13-39-27(37)16(12-14-8-4-3-5-9-14)33-25(35)19-20(26(33)36)22(29)24(31)23(30)21(19)28/h3-11,16H,2,12-13H2,1H3,(H,32,34)/t16-/m0/s1. The number of carbonyl (C=O) groups excluding carboxylic acids is 4. The molecule has 202 valence electrons. The molecule has 39 heavy (non-hydrogen) atoms. The third-order valence-corrected chi connectivity index (χ3v) is 7.60. The van der Waals surface area contributed by atoms with Crippen LogP contribution in [0, 0.1) is 0 Å². The maximum absolute atomic E-state index is 13.4. The molecule has 0 spiro atoms. The van der Waals surface area contributed by atoms with Crippen molar-refractivity contribution in [2.45, 2.75) is 19.4 Å². The van der Waals surface area contributed by atoms with E-state index >= 15 is 0 Å². The summed E-state index contributed by atoms with van der Waals surface area (Å²) in [4.78, 5) is 53.4. The van der Waals surface area contributed by atoms with Crippen LogP contribution in [-0.4, -0.2) is 47.8 Å². The van der Waals surface area contributed by atoms with Gasteiger partial charge in [-0.05, 0) is 24.6 Å². The van der Waals surface area contributed by atoms with Gasteiger partial charge in [0.2, 0.25) is 0 Å². The Morgan fingerprint density at radius 2 is 1.41 bits per heavy atom. The van der Waals surface area contributed by atoms with Crippen LogP contribution in [0.25, 0.3) is 0 Å². The van der Waals surface area contributed by atoms with Gasteiger partial charge in [0.25, 0.3) is 17.7 Å². The van der Waals surface area contributed by atoms with Crippen LogP contribution in [0.5, 0.6) is 5.75 Å². The molecule has 1 aliphatic rings. The van der Waals surface area contributed by atoms with E-state index in [4.69, 9.17) is 55.9 Å². The third kappa shape index (κ3) is 5.84. The number of hydrogen-bond acceptors (Lipinski definition) is 6. The summed E-state index contributed by atoms with van der Waals surface area (Å²) in [6.07, 6.45) is -0.101. The number of carbonyl (C=O) groups is 4. The summed E-state index contributed by atoms with van der Waals surface area (Å²) in [7, 11) is 0. The molecule has 3 aromatic rings. The van der Waals surface area contributed by atoms with Gasteiger partial charge in [-0.1, -0.05) is 88.9 Å². The number of imide groups is 1. The topological polar surface area (TPSA) is 102 Å². The molecule has 0 aromatic heterocycles. The van der Waals surface area contributed by atoms with Gasteiger partial charge >= 0.3 is 5.97 Å². The van der Waals surface area contributed by atoms with Gasteiger partial charge in [0.05, 0.1) is 43.5 Å². The first-order valence-electron chi connectivity index (χ1n) is 11.6. The van der Waals surface area contributed by atoms with Crippen LogP contribution in [0.1, 0.15) is 33.2 Å². The lowest BCUT2D eigenvalue weighted by Gasteiger charge is -2.24. The highest BCUT2D eigenvalue weighted by Gasteiger charge is 2.47. The highest BCUT2D eigenvalue weighted by Crippen LogP contribution is 2.45. The van der Waals surface area contributed by atoms with Crippen molar-refractivity contribution in [1.29, 1.82) is 0 Å². The van der Waals surface area contributed by atoms with Gasteiger partial charge < -0.3 is 14.8 Å². The predicted molar refractivity (Wildman–Crippen MR) is 148 cm³/mol. The zero-order valence-corrected chi connectivity index (χ0v) is 23.3. The number of benzene rings is 3. The molecule has 0 saturated carbocycles. The molecule has 1 atom stereocenters. The van der Waals surface area contributed by atoms with Gasteiger partial charge in [-0.15, -0.1) is 0 Å². The molecule has 4 rings (SSSR count). The second kappa shape index (κ2) is 12.3. The number of fused-ring (bicyclic) bond motifs is 1. The zero-order chi connectivity index (χ0) is 28.3. The second-order valence-electron chi connectivity index (χ2n) is 8.28. The van der Waals surface area contributed by atoms with E-state index < -0.39 is 36.3 Å². The van der Waals surface area contributed by atoms with Crippen LogP contribution in [0.3, 0.4) is 0 Å². The first kappa shape index (κ1) is 28.7. The fourth-order valence-corrected chi connectivity index (χ4v) is 5.05. The summed E-state index contributed by atoms with van der Waals surface area (Å²) in [5.74, 6) is -2.99. The van der Waals surface area contributed by atoms with Crippen LogP contribution in [0.2, 0.25) is 20.1 Å². The van der Waals surface area contributed by atoms with Crippen molar-refractivity contribution < 1.29 is 28.7 Å². The number of anilines is 1. The van der Waals surface area contributed by atoms with E-state index in [0.29, 0.717) is 28.5 Å². The molecule has 3 aromatic carbocycles. The van der Waals surface area contributed by atoms with Crippen LogP contribution in [0.4, 0.5) is 5.69 Å². The number of ether oxygens (including phenoxy) is 2. The second-order valence-corrected chi connectivity index (χ2v) is 9.79. The van der Waals surface area contributed by atoms with Gasteiger partial charge in [-0.3, -0.25) is 19.3 Å². The highest BCUT2D eigenvalue weighted by atomic mass is 35.5. The van der Waals surface area contributed by atoms with Crippen molar-refractivity contribution in [3.8, 4) is 5.75 Å². The molecule has 1 heterocycles. The molecule has 1 aliphatic heterocycles. The SMILES string of the molecule is CCOc1ccccc1NC(=O)COC(=O)[C@H](Cc1ccccc1)N1C(=O)c2c(Cl)c(Cl)c(Cl)c(Cl)c2C1=O. The number of rotatable bonds is 9. The van der Waals surface area contributed by atoms with E-state index in [0.717, 1.165) is 0 Å². The van der Waals surface area contributed by atoms with Crippen LogP contribution < -0.4 is 10.1 Å². The van der Waals surface area contributed by atoms with Crippen molar-refractivity contribution in [2.24, 2.45) is 0 Å². The Bertz CT molecular complexity index is 1420. The number of halogens is 4. The van der Waals surface area contributed by atoms with E-state index in [1.165, 1.54) is 0 Å². The van der Waals surface area contributed by atoms with Crippen LogP contribution in [0.15, 0.2) is 54.6 Å². The molecule has 0 saturated heterocycles.